The third-order valence-electron chi connectivity index (χ3n) is 5.90. The largest absolute Gasteiger partial charge is 0.478 e. The minimum Gasteiger partial charge on any atom is -0.478 e. The predicted octanol–water partition coefficient (Wildman–Crippen LogP) is 2.53. The molecule has 1 fully saturated rings. The van der Waals surface area contributed by atoms with E-state index in [2.05, 4.69) is 19.8 Å². The number of esters is 1. The molecule has 0 radical (unpaired) electrons. The minimum atomic E-state index is -0.916. The maximum Gasteiger partial charge on any atom is 0.335 e. The Hall–Kier alpha value is -4.31. The molecule has 0 bridgehead atoms. The van der Waals surface area contributed by atoms with Crippen LogP contribution in [0.15, 0.2) is 60.9 Å². The summed E-state index contributed by atoms with van der Waals surface area (Å²) < 4.78 is 5.16. The van der Waals surface area contributed by atoms with Crippen LogP contribution in [0.25, 0.3) is 11.1 Å². The van der Waals surface area contributed by atoms with Gasteiger partial charge >= 0.3 is 11.9 Å². The molecule has 0 aliphatic carbocycles. The SMILES string of the molecule is N=C(N)CC(=O)OCc1cccc(-c2cnc(N3CCN(Cc4ccc(C(=O)O)cc4)CC3)nc2)c1. The molecule has 1 aliphatic heterocycles. The lowest BCUT2D eigenvalue weighted by Gasteiger charge is -2.34. The first-order chi connectivity index (χ1) is 17.4. The summed E-state index contributed by atoms with van der Waals surface area (Å²) in [5.74, 6) is -0.990. The smallest absolute Gasteiger partial charge is 0.335 e. The van der Waals surface area contributed by atoms with Gasteiger partial charge in [0.2, 0.25) is 5.95 Å². The first-order valence-electron chi connectivity index (χ1n) is 11.6. The number of hydrogen-bond donors (Lipinski definition) is 3. The van der Waals surface area contributed by atoms with Gasteiger partial charge < -0.3 is 20.5 Å². The molecule has 2 heterocycles. The monoisotopic (exact) mass is 488 g/mol. The lowest BCUT2D eigenvalue weighted by atomic mass is 10.1. The normalized spacial score (nSPS) is 13.8. The van der Waals surface area contributed by atoms with Gasteiger partial charge in [-0.25, -0.2) is 14.8 Å². The lowest BCUT2D eigenvalue weighted by Crippen LogP contribution is -2.46. The third kappa shape index (κ3) is 6.63. The van der Waals surface area contributed by atoms with E-state index in [4.69, 9.17) is 21.0 Å². The fraction of sp³-hybridized carbons (Fsp3) is 0.269. The van der Waals surface area contributed by atoms with Gasteiger partial charge in [-0.15, -0.1) is 0 Å². The van der Waals surface area contributed by atoms with E-state index in [-0.39, 0.29) is 18.9 Å². The average molecular weight is 489 g/mol. The van der Waals surface area contributed by atoms with E-state index in [0.717, 1.165) is 55.0 Å². The van der Waals surface area contributed by atoms with Gasteiger partial charge in [0.1, 0.15) is 18.9 Å². The van der Waals surface area contributed by atoms with Crippen molar-refractivity contribution in [3.8, 4) is 11.1 Å². The van der Waals surface area contributed by atoms with Crippen LogP contribution in [0.5, 0.6) is 0 Å². The second-order valence-corrected chi connectivity index (χ2v) is 8.60. The van der Waals surface area contributed by atoms with Crippen LogP contribution in [0.2, 0.25) is 0 Å². The number of nitrogens with two attached hydrogens (primary N) is 1. The highest BCUT2D eigenvalue weighted by Crippen LogP contribution is 2.21. The number of ether oxygens (including phenoxy) is 1. The molecule has 1 aliphatic rings. The summed E-state index contributed by atoms with van der Waals surface area (Å²) >= 11 is 0. The first-order valence-corrected chi connectivity index (χ1v) is 11.6. The van der Waals surface area contributed by atoms with Crippen LogP contribution >= 0.6 is 0 Å². The number of rotatable bonds is 9. The van der Waals surface area contributed by atoms with E-state index in [1.165, 1.54) is 0 Å². The lowest BCUT2D eigenvalue weighted by molar-refractivity contribution is -0.143. The van der Waals surface area contributed by atoms with Crippen molar-refractivity contribution in [3.05, 3.63) is 77.6 Å². The Kier molecular flexibility index (Phi) is 7.86. The molecule has 2 aromatic carbocycles. The zero-order chi connectivity index (χ0) is 25.5. The molecule has 36 heavy (non-hydrogen) atoms. The van der Waals surface area contributed by atoms with Gasteiger partial charge in [-0.3, -0.25) is 15.1 Å². The number of amidine groups is 1. The van der Waals surface area contributed by atoms with Crippen LogP contribution in [-0.4, -0.2) is 63.9 Å². The first kappa shape index (κ1) is 24.8. The van der Waals surface area contributed by atoms with E-state index in [1.54, 1.807) is 24.5 Å². The van der Waals surface area contributed by atoms with Crippen LogP contribution in [-0.2, 0) is 22.7 Å². The van der Waals surface area contributed by atoms with Gasteiger partial charge in [0.15, 0.2) is 0 Å². The highest BCUT2D eigenvalue weighted by Gasteiger charge is 2.19. The molecule has 0 unspecified atom stereocenters. The Morgan fingerprint density at radius 2 is 1.67 bits per heavy atom. The van der Waals surface area contributed by atoms with Crippen molar-refractivity contribution in [3.63, 3.8) is 0 Å². The number of hydrogen-bond acceptors (Lipinski definition) is 8. The van der Waals surface area contributed by atoms with Crippen LogP contribution < -0.4 is 10.6 Å². The van der Waals surface area contributed by atoms with Gasteiger partial charge in [-0.1, -0.05) is 30.3 Å². The molecule has 1 aromatic heterocycles. The Labute approximate surface area is 208 Å². The molecule has 4 rings (SSSR count). The molecule has 10 heteroatoms. The van der Waals surface area contributed by atoms with E-state index >= 15 is 0 Å². The van der Waals surface area contributed by atoms with Gasteiger partial charge in [0, 0.05) is 50.7 Å². The minimum absolute atomic E-state index is 0.104. The van der Waals surface area contributed by atoms with Crippen molar-refractivity contribution >= 4 is 23.7 Å². The number of nitrogens with zero attached hydrogens (tertiary/aromatic N) is 4. The Balaban J connectivity index is 1.30. The van der Waals surface area contributed by atoms with Crippen molar-refractivity contribution in [1.82, 2.24) is 14.9 Å². The van der Waals surface area contributed by atoms with Crippen LogP contribution in [0, 0.1) is 5.41 Å². The number of anilines is 1. The Morgan fingerprint density at radius 3 is 2.31 bits per heavy atom. The number of nitrogens with one attached hydrogen (secondary N) is 1. The van der Waals surface area contributed by atoms with E-state index in [0.29, 0.717) is 11.5 Å². The molecule has 1 saturated heterocycles. The summed E-state index contributed by atoms with van der Waals surface area (Å²) in [6.07, 6.45) is 3.36. The average Bonchev–Trinajstić information content (AvgIpc) is 2.88. The van der Waals surface area contributed by atoms with Gasteiger partial charge in [0.05, 0.1) is 5.56 Å². The van der Waals surface area contributed by atoms with Gasteiger partial charge in [0.25, 0.3) is 0 Å². The number of aromatic carboxylic acids is 1. The van der Waals surface area contributed by atoms with E-state index < -0.39 is 11.9 Å². The number of aromatic nitrogens is 2. The molecule has 4 N–H and O–H groups in total. The topological polar surface area (TPSA) is 146 Å². The Morgan fingerprint density at radius 1 is 0.972 bits per heavy atom. The molecular weight excluding hydrogens is 460 g/mol. The number of carbonyl (C=O) groups excluding carboxylic acids is 1. The summed E-state index contributed by atoms with van der Waals surface area (Å²) in [6, 6.07) is 14.6. The van der Waals surface area contributed by atoms with E-state index in [1.807, 2.05) is 36.4 Å². The second kappa shape index (κ2) is 11.4. The third-order valence-corrected chi connectivity index (χ3v) is 5.90. The highest BCUT2D eigenvalue weighted by atomic mass is 16.5. The maximum absolute atomic E-state index is 11.6. The quantitative estimate of drug-likeness (QED) is 0.235. The standard InChI is InChI=1S/C26H28N6O4/c27-23(28)13-24(33)36-17-19-2-1-3-21(12-19)22-14-29-26(30-15-22)32-10-8-31(9-11-32)16-18-4-6-20(7-5-18)25(34)35/h1-7,12,14-15H,8-11,13,16-17H2,(H3,27,28)(H,34,35). The van der Waals surface area contributed by atoms with Crippen molar-refractivity contribution < 1.29 is 19.4 Å². The summed E-state index contributed by atoms with van der Waals surface area (Å²) in [5, 5.41) is 16.2. The molecule has 0 atom stereocenters. The molecule has 0 amide bonds. The zero-order valence-electron chi connectivity index (χ0n) is 19.8. The second-order valence-electron chi connectivity index (χ2n) is 8.60. The van der Waals surface area contributed by atoms with Crippen molar-refractivity contribution in [2.45, 2.75) is 19.6 Å². The van der Waals surface area contributed by atoms with Crippen molar-refractivity contribution in [2.75, 3.05) is 31.1 Å². The van der Waals surface area contributed by atoms with Crippen LogP contribution in [0.3, 0.4) is 0 Å². The molecule has 0 spiro atoms. The van der Waals surface area contributed by atoms with Gasteiger partial charge in [-0.2, -0.15) is 0 Å². The van der Waals surface area contributed by atoms with Crippen molar-refractivity contribution in [1.29, 1.82) is 5.41 Å². The molecular formula is C26H28N6O4. The fourth-order valence-electron chi connectivity index (χ4n) is 3.96. The maximum atomic E-state index is 11.6. The van der Waals surface area contributed by atoms with Gasteiger partial charge in [-0.05, 0) is 34.9 Å². The zero-order valence-corrected chi connectivity index (χ0v) is 19.8. The number of carbonyl (C=O) groups is 2. The summed E-state index contributed by atoms with van der Waals surface area (Å²) in [6.45, 7) is 4.19. The molecule has 186 valence electrons. The molecule has 10 nitrogen and oxygen atoms in total. The predicted molar refractivity (Wildman–Crippen MR) is 135 cm³/mol. The molecule has 0 saturated carbocycles. The number of carboxylic acid groups (broad SMARTS) is 1. The molecule has 3 aromatic rings. The highest BCUT2D eigenvalue weighted by molar-refractivity contribution is 5.94. The fourth-order valence-corrected chi connectivity index (χ4v) is 3.96. The number of piperazine rings is 1. The number of carboxylic acids is 1. The summed E-state index contributed by atoms with van der Waals surface area (Å²) in [7, 11) is 0. The van der Waals surface area contributed by atoms with Crippen LogP contribution in [0.4, 0.5) is 5.95 Å². The summed E-state index contributed by atoms with van der Waals surface area (Å²) in [5.41, 5.74) is 9.21. The summed E-state index contributed by atoms with van der Waals surface area (Å²) in [4.78, 5) is 36.3. The number of benzene rings is 2. The Bertz CT molecular complexity index is 1220. The van der Waals surface area contributed by atoms with E-state index in [9.17, 15) is 9.59 Å². The van der Waals surface area contributed by atoms with Crippen molar-refractivity contribution in [2.24, 2.45) is 5.73 Å². The van der Waals surface area contributed by atoms with Crippen LogP contribution in [0.1, 0.15) is 27.9 Å².